The number of hydrogen-bond acceptors (Lipinski definition) is 7. The van der Waals surface area contributed by atoms with Crippen molar-refractivity contribution in [1.82, 2.24) is 9.97 Å². The van der Waals surface area contributed by atoms with E-state index in [1.54, 1.807) is 7.11 Å². The van der Waals surface area contributed by atoms with E-state index < -0.39 is 0 Å². The van der Waals surface area contributed by atoms with Crippen molar-refractivity contribution in [3.8, 4) is 22.8 Å². The van der Waals surface area contributed by atoms with Crippen LogP contribution in [0.4, 0.5) is 5.95 Å². The number of anilines is 1. The molecule has 1 saturated heterocycles. The number of nitrogens with zero attached hydrogens (tertiary/aromatic N) is 2. The van der Waals surface area contributed by atoms with Crippen LogP contribution in [-0.2, 0) is 9.47 Å². The Hall–Kier alpha value is -2.38. The Morgan fingerprint density at radius 1 is 1.06 bits per heavy atom. The van der Waals surface area contributed by atoms with Crippen LogP contribution in [0.1, 0.15) is 39.0 Å². The topological polar surface area (TPSA) is 74.7 Å². The summed E-state index contributed by atoms with van der Waals surface area (Å²) in [5.74, 6) is 2.85. The molecule has 0 bridgehead atoms. The Labute approximate surface area is 184 Å². The van der Waals surface area contributed by atoms with Gasteiger partial charge in [0.25, 0.3) is 0 Å². The number of nitrogens with one attached hydrogen (secondary N) is 1. The minimum absolute atomic E-state index is 0.0219. The van der Waals surface area contributed by atoms with Crippen LogP contribution in [0.5, 0.6) is 11.6 Å². The SMILES string of the molecule is COCCOc1ccc(-c2cnc(N[C@H]3CC[C@H](C)CC3)nc2O[C@@H]2CCOC2)cc1. The lowest BCUT2D eigenvalue weighted by atomic mass is 9.87. The molecule has 2 aromatic rings. The van der Waals surface area contributed by atoms with Gasteiger partial charge in [0.1, 0.15) is 18.5 Å². The molecule has 31 heavy (non-hydrogen) atoms. The zero-order valence-corrected chi connectivity index (χ0v) is 18.5. The number of aromatic nitrogens is 2. The molecule has 2 fully saturated rings. The summed E-state index contributed by atoms with van der Waals surface area (Å²) in [7, 11) is 1.66. The van der Waals surface area contributed by atoms with E-state index in [0.717, 1.165) is 48.7 Å². The highest BCUT2D eigenvalue weighted by atomic mass is 16.5. The van der Waals surface area contributed by atoms with Crippen LogP contribution in [0, 0.1) is 5.92 Å². The first-order valence-corrected chi connectivity index (χ1v) is 11.3. The second kappa shape index (κ2) is 10.8. The standard InChI is InChI=1S/C24H33N3O4/c1-17-3-7-19(8-4-17)26-24-25-15-22(23(27-24)31-21-11-12-29-16-21)18-5-9-20(10-6-18)30-14-13-28-2/h5-6,9-10,15,17,19,21H,3-4,7-8,11-14,16H2,1-2H3,(H,25,26,27)/t17-,19-,21-/m1/s1. The molecule has 1 N–H and O–H groups in total. The number of rotatable bonds is 9. The molecule has 7 nitrogen and oxygen atoms in total. The van der Waals surface area contributed by atoms with Crippen molar-refractivity contribution >= 4 is 5.95 Å². The van der Waals surface area contributed by atoms with Gasteiger partial charge in [-0.25, -0.2) is 4.98 Å². The van der Waals surface area contributed by atoms with Gasteiger partial charge >= 0.3 is 0 Å². The molecule has 4 rings (SSSR count). The van der Waals surface area contributed by atoms with Gasteiger partial charge in [0.05, 0.1) is 25.4 Å². The Morgan fingerprint density at radius 3 is 2.58 bits per heavy atom. The van der Waals surface area contributed by atoms with E-state index in [4.69, 9.17) is 23.9 Å². The summed E-state index contributed by atoms with van der Waals surface area (Å²) in [6.07, 6.45) is 7.56. The smallest absolute Gasteiger partial charge is 0.226 e. The quantitative estimate of drug-likeness (QED) is 0.597. The maximum Gasteiger partial charge on any atom is 0.226 e. The van der Waals surface area contributed by atoms with Crippen LogP contribution in [0.15, 0.2) is 30.5 Å². The fourth-order valence-corrected chi connectivity index (χ4v) is 4.05. The lowest BCUT2D eigenvalue weighted by molar-refractivity contribution is 0.138. The molecule has 1 saturated carbocycles. The molecular formula is C24H33N3O4. The number of hydrogen-bond donors (Lipinski definition) is 1. The highest BCUT2D eigenvalue weighted by molar-refractivity contribution is 5.69. The molecule has 1 aliphatic heterocycles. The predicted molar refractivity (Wildman–Crippen MR) is 120 cm³/mol. The fraction of sp³-hybridized carbons (Fsp3) is 0.583. The van der Waals surface area contributed by atoms with Crippen LogP contribution < -0.4 is 14.8 Å². The number of ether oxygens (including phenoxy) is 4. The van der Waals surface area contributed by atoms with E-state index in [-0.39, 0.29) is 6.10 Å². The molecule has 0 unspecified atom stereocenters. The second-order valence-corrected chi connectivity index (χ2v) is 8.48. The molecule has 2 aliphatic rings. The third kappa shape index (κ3) is 6.08. The first-order chi connectivity index (χ1) is 15.2. The highest BCUT2D eigenvalue weighted by Crippen LogP contribution is 2.32. The fourth-order valence-electron chi connectivity index (χ4n) is 4.05. The molecule has 1 atom stereocenters. The van der Waals surface area contributed by atoms with Gasteiger partial charge in [0.15, 0.2) is 0 Å². The third-order valence-electron chi connectivity index (χ3n) is 5.99. The molecule has 168 valence electrons. The summed E-state index contributed by atoms with van der Waals surface area (Å²) < 4.78 is 22.4. The lowest BCUT2D eigenvalue weighted by Gasteiger charge is -2.27. The van der Waals surface area contributed by atoms with Gasteiger partial charge in [-0.15, -0.1) is 0 Å². The van der Waals surface area contributed by atoms with Gasteiger partial charge in [-0.2, -0.15) is 4.98 Å². The van der Waals surface area contributed by atoms with Crippen molar-refractivity contribution in [3.63, 3.8) is 0 Å². The average Bonchev–Trinajstić information content (AvgIpc) is 3.30. The second-order valence-electron chi connectivity index (χ2n) is 8.48. The molecule has 7 heteroatoms. The minimum Gasteiger partial charge on any atom is -0.491 e. The van der Waals surface area contributed by atoms with Gasteiger partial charge in [-0.3, -0.25) is 0 Å². The predicted octanol–water partition coefficient (Wildman–Crippen LogP) is 4.33. The first kappa shape index (κ1) is 21.8. The van der Waals surface area contributed by atoms with Crippen LogP contribution in [0.3, 0.4) is 0 Å². The Kier molecular flexibility index (Phi) is 7.59. The molecule has 0 radical (unpaired) electrons. The zero-order valence-electron chi connectivity index (χ0n) is 18.5. The maximum atomic E-state index is 6.25. The highest BCUT2D eigenvalue weighted by Gasteiger charge is 2.23. The van der Waals surface area contributed by atoms with Crippen molar-refractivity contribution in [3.05, 3.63) is 30.5 Å². The van der Waals surface area contributed by atoms with E-state index in [9.17, 15) is 0 Å². The van der Waals surface area contributed by atoms with Crippen molar-refractivity contribution < 1.29 is 18.9 Å². The summed E-state index contributed by atoms with van der Waals surface area (Å²) in [4.78, 5) is 9.37. The Bertz CT molecular complexity index is 816. The molecule has 1 aromatic heterocycles. The van der Waals surface area contributed by atoms with E-state index in [1.165, 1.54) is 12.8 Å². The molecular weight excluding hydrogens is 394 g/mol. The maximum absolute atomic E-state index is 6.25. The summed E-state index contributed by atoms with van der Waals surface area (Å²) in [6, 6.07) is 8.34. The normalized spacial score (nSPS) is 23.5. The monoisotopic (exact) mass is 427 g/mol. The minimum atomic E-state index is 0.0219. The van der Waals surface area contributed by atoms with E-state index >= 15 is 0 Å². The van der Waals surface area contributed by atoms with E-state index in [2.05, 4.69) is 17.2 Å². The Morgan fingerprint density at radius 2 is 1.87 bits per heavy atom. The number of methoxy groups -OCH3 is 1. The van der Waals surface area contributed by atoms with E-state index in [0.29, 0.717) is 37.7 Å². The van der Waals surface area contributed by atoms with Crippen LogP contribution >= 0.6 is 0 Å². The van der Waals surface area contributed by atoms with Gasteiger partial charge in [-0.1, -0.05) is 19.1 Å². The summed E-state index contributed by atoms with van der Waals surface area (Å²) in [5.41, 5.74) is 1.87. The third-order valence-corrected chi connectivity index (χ3v) is 5.99. The summed E-state index contributed by atoms with van der Waals surface area (Å²) in [5, 5.41) is 3.52. The van der Waals surface area contributed by atoms with Crippen molar-refractivity contribution in [2.24, 2.45) is 5.92 Å². The van der Waals surface area contributed by atoms with Crippen LogP contribution in [0.2, 0.25) is 0 Å². The number of benzene rings is 1. The molecule has 0 amide bonds. The summed E-state index contributed by atoms with van der Waals surface area (Å²) >= 11 is 0. The van der Waals surface area contributed by atoms with Crippen molar-refractivity contribution in [2.45, 2.75) is 51.2 Å². The molecule has 1 aliphatic carbocycles. The Balaban J connectivity index is 1.51. The van der Waals surface area contributed by atoms with Gasteiger partial charge in [0, 0.05) is 25.8 Å². The molecule has 1 aromatic carbocycles. The van der Waals surface area contributed by atoms with Gasteiger partial charge < -0.3 is 24.3 Å². The largest absolute Gasteiger partial charge is 0.491 e. The van der Waals surface area contributed by atoms with Crippen molar-refractivity contribution in [2.75, 3.05) is 38.9 Å². The molecule has 2 heterocycles. The van der Waals surface area contributed by atoms with Crippen LogP contribution in [0.25, 0.3) is 11.1 Å². The van der Waals surface area contributed by atoms with E-state index in [1.807, 2.05) is 30.5 Å². The lowest BCUT2D eigenvalue weighted by Crippen LogP contribution is -2.26. The average molecular weight is 428 g/mol. The zero-order chi connectivity index (χ0) is 21.5. The van der Waals surface area contributed by atoms with Gasteiger partial charge in [0.2, 0.25) is 11.8 Å². The first-order valence-electron chi connectivity index (χ1n) is 11.3. The van der Waals surface area contributed by atoms with Gasteiger partial charge in [-0.05, 0) is 49.3 Å². The van der Waals surface area contributed by atoms with Crippen LogP contribution in [-0.4, -0.2) is 55.7 Å². The molecule has 0 spiro atoms. The summed E-state index contributed by atoms with van der Waals surface area (Å²) in [6.45, 7) is 4.73. The van der Waals surface area contributed by atoms with Crippen molar-refractivity contribution in [1.29, 1.82) is 0 Å².